The van der Waals surface area contributed by atoms with Crippen LogP contribution in [0.4, 0.5) is 4.39 Å². The highest BCUT2D eigenvalue weighted by molar-refractivity contribution is 9.10. The third-order valence-electron chi connectivity index (χ3n) is 3.22. The molecule has 110 valence electrons. The molecule has 0 heterocycles. The molecule has 2 rings (SSSR count). The van der Waals surface area contributed by atoms with Gasteiger partial charge in [0.05, 0.1) is 10.5 Å². The lowest BCUT2D eigenvalue weighted by molar-refractivity contribution is 0.0931. The molecule has 0 aromatic heterocycles. The van der Waals surface area contributed by atoms with Crippen molar-refractivity contribution in [2.24, 2.45) is 5.92 Å². The van der Waals surface area contributed by atoms with Gasteiger partial charge in [0, 0.05) is 21.2 Å². The Morgan fingerprint density at radius 2 is 2.10 bits per heavy atom. The Kier molecular flexibility index (Phi) is 4.41. The van der Waals surface area contributed by atoms with Crippen molar-refractivity contribution >= 4 is 41.6 Å². The topological polar surface area (TPSA) is 63.2 Å². The van der Waals surface area contributed by atoms with E-state index in [9.17, 15) is 17.6 Å². The number of hydrogen-bond acceptors (Lipinski definition) is 3. The molecule has 1 aliphatic carbocycles. The summed E-state index contributed by atoms with van der Waals surface area (Å²) in [7, 11) is 1.19. The van der Waals surface area contributed by atoms with Crippen LogP contribution in [-0.4, -0.2) is 20.4 Å². The van der Waals surface area contributed by atoms with Gasteiger partial charge in [-0.2, -0.15) is 0 Å². The smallest absolute Gasteiger partial charge is 0.262 e. The van der Waals surface area contributed by atoms with Crippen LogP contribution in [0, 0.1) is 11.7 Å². The highest BCUT2D eigenvalue weighted by atomic mass is 79.9. The molecule has 1 unspecified atom stereocenters. The number of carbonyl (C=O) groups is 1. The molecule has 1 aliphatic rings. The van der Waals surface area contributed by atoms with Crippen molar-refractivity contribution in [3.05, 3.63) is 28.0 Å². The molecule has 20 heavy (non-hydrogen) atoms. The summed E-state index contributed by atoms with van der Waals surface area (Å²) in [6.07, 6.45) is 2.07. The first-order chi connectivity index (χ1) is 9.20. The van der Waals surface area contributed by atoms with E-state index in [0.29, 0.717) is 5.92 Å². The van der Waals surface area contributed by atoms with E-state index in [-0.39, 0.29) is 21.0 Å². The second kappa shape index (κ2) is 5.61. The van der Waals surface area contributed by atoms with Gasteiger partial charge in [0.1, 0.15) is 5.82 Å². The van der Waals surface area contributed by atoms with Crippen LogP contribution in [0.25, 0.3) is 0 Å². The zero-order valence-corrected chi connectivity index (χ0v) is 13.6. The summed E-state index contributed by atoms with van der Waals surface area (Å²) in [5, 5.41) is 2.66. The molecule has 0 spiro atoms. The van der Waals surface area contributed by atoms with Gasteiger partial charge in [0.25, 0.3) is 15.0 Å². The second-order valence-corrected chi connectivity index (χ2v) is 8.19. The average molecular weight is 385 g/mol. The predicted molar refractivity (Wildman–Crippen MR) is 76.8 cm³/mol. The average Bonchev–Trinajstić information content (AvgIpc) is 3.10. The van der Waals surface area contributed by atoms with E-state index in [1.165, 1.54) is 0 Å². The third-order valence-corrected chi connectivity index (χ3v) is 5.50. The van der Waals surface area contributed by atoms with Crippen LogP contribution >= 0.6 is 26.6 Å². The molecular weight excluding hydrogens is 373 g/mol. The summed E-state index contributed by atoms with van der Waals surface area (Å²) in [6, 6.07) is 1.80. The number of nitrogens with one attached hydrogen (secondary N) is 1. The molecule has 1 aromatic rings. The standard InChI is InChI=1S/C12H12BrClFNO3S/c1-6(7-2-3-7)16-12(17)8-4-11(20(14,18)19)9(13)5-10(8)15/h4-7H,2-3H2,1H3,(H,16,17). The Morgan fingerprint density at radius 1 is 1.50 bits per heavy atom. The zero-order chi connectivity index (χ0) is 15.1. The second-order valence-electron chi connectivity index (χ2n) is 4.80. The van der Waals surface area contributed by atoms with Crippen LogP contribution in [-0.2, 0) is 9.05 Å². The largest absolute Gasteiger partial charge is 0.349 e. The molecule has 1 aromatic carbocycles. The summed E-state index contributed by atoms with van der Waals surface area (Å²) in [6.45, 7) is 1.84. The Bertz CT molecular complexity index is 661. The first-order valence-electron chi connectivity index (χ1n) is 5.94. The molecule has 4 nitrogen and oxygen atoms in total. The number of rotatable bonds is 4. The SMILES string of the molecule is CC(NC(=O)c1cc(S(=O)(=O)Cl)c(Br)cc1F)C1CC1. The molecule has 1 amide bonds. The highest BCUT2D eigenvalue weighted by Crippen LogP contribution is 2.33. The van der Waals surface area contributed by atoms with E-state index >= 15 is 0 Å². The molecule has 1 atom stereocenters. The highest BCUT2D eigenvalue weighted by Gasteiger charge is 2.30. The van der Waals surface area contributed by atoms with E-state index in [1.807, 2.05) is 6.92 Å². The fourth-order valence-electron chi connectivity index (χ4n) is 1.89. The van der Waals surface area contributed by atoms with Crippen molar-refractivity contribution in [2.45, 2.75) is 30.7 Å². The monoisotopic (exact) mass is 383 g/mol. The summed E-state index contributed by atoms with van der Waals surface area (Å²) < 4.78 is 36.5. The minimum atomic E-state index is -4.06. The molecule has 1 saturated carbocycles. The van der Waals surface area contributed by atoms with Crippen LogP contribution in [0.15, 0.2) is 21.5 Å². The lowest BCUT2D eigenvalue weighted by atomic mass is 10.1. The van der Waals surface area contributed by atoms with Crippen LogP contribution < -0.4 is 5.32 Å². The minimum absolute atomic E-state index is 0.0169. The predicted octanol–water partition coefficient (Wildman–Crippen LogP) is 3.04. The third kappa shape index (κ3) is 3.51. The van der Waals surface area contributed by atoms with Gasteiger partial charge in [-0.05, 0) is 53.7 Å². The van der Waals surface area contributed by atoms with E-state index in [0.717, 1.165) is 25.0 Å². The van der Waals surface area contributed by atoms with Crippen LogP contribution in [0.2, 0.25) is 0 Å². The van der Waals surface area contributed by atoms with Gasteiger partial charge in [-0.1, -0.05) is 0 Å². The summed E-state index contributed by atoms with van der Waals surface area (Å²) >= 11 is 2.91. The van der Waals surface area contributed by atoms with Crippen molar-refractivity contribution in [1.82, 2.24) is 5.32 Å². The van der Waals surface area contributed by atoms with Crippen LogP contribution in [0.1, 0.15) is 30.1 Å². The van der Waals surface area contributed by atoms with E-state index in [2.05, 4.69) is 21.2 Å². The number of benzene rings is 1. The maximum atomic E-state index is 13.8. The molecule has 0 aliphatic heterocycles. The number of carbonyl (C=O) groups excluding carboxylic acids is 1. The summed E-state index contributed by atoms with van der Waals surface area (Å²) in [4.78, 5) is 11.7. The minimum Gasteiger partial charge on any atom is -0.349 e. The quantitative estimate of drug-likeness (QED) is 0.812. The van der Waals surface area contributed by atoms with Crippen LogP contribution in [0.3, 0.4) is 0 Å². The molecular formula is C12H12BrClFNO3S. The summed E-state index contributed by atoms with van der Waals surface area (Å²) in [5.74, 6) is -1.04. The van der Waals surface area contributed by atoms with Crippen molar-refractivity contribution < 1.29 is 17.6 Å². The normalized spacial score (nSPS) is 16.8. The van der Waals surface area contributed by atoms with Gasteiger partial charge >= 0.3 is 0 Å². The van der Waals surface area contributed by atoms with Crippen LogP contribution in [0.5, 0.6) is 0 Å². The van der Waals surface area contributed by atoms with Gasteiger partial charge in [-0.25, -0.2) is 12.8 Å². The molecule has 1 fully saturated rings. The van der Waals surface area contributed by atoms with E-state index < -0.39 is 20.8 Å². The van der Waals surface area contributed by atoms with Gasteiger partial charge < -0.3 is 5.32 Å². The Balaban J connectivity index is 2.33. The molecule has 8 heteroatoms. The van der Waals surface area contributed by atoms with Gasteiger partial charge in [-0.3, -0.25) is 4.79 Å². The first-order valence-corrected chi connectivity index (χ1v) is 9.05. The van der Waals surface area contributed by atoms with Gasteiger partial charge in [-0.15, -0.1) is 0 Å². The number of hydrogen-bond donors (Lipinski definition) is 1. The zero-order valence-electron chi connectivity index (χ0n) is 10.5. The van der Waals surface area contributed by atoms with Gasteiger partial charge in [0.15, 0.2) is 0 Å². The fraction of sp³-hybridized carbons (Fsp3) is 0.417. The molecule has 0 radical (unpaired) electrons. The first kappa shape index (κ1) is 15.7. The number of halogens is 3. The molecule has 1 N–H and O–H groups in total. The lowest BCUT2D eigenvalue weighted by Gasteiger charge is -2.14. The van der Waals surface area contributed by atoms with Gasteiger partial charge in [0.2, 0.25) is 0 Å². The Hall–Kier alpha value is -0.660. The Morgan fingerprint density at radius 3 is 2.60 bits per heavy atom. The lowest BCUT2D eigenvalue weighted by Crippen LogP contribution is -2.34. The van der Waals surface area contributed by atoms with Crippen molar-refractivity contribution in [1.29, 1.82) is 0 Å². The van der Waals surface area contributed by atoms with Crippen molar-refractivity contribution in [2.75, 3.05) is 0 Å². The summed E-state index contributed by atoms with van der Waals surface area (Å²) in [5.41, 5.74) is -0.333. The molecule has 0 saturated heterocycles. The maximum absolute atomic E-state index is 13.8. The van der Waals surface area contributed by atoms with Crippen molar-refractivity contribution in [3.8, 4) is 0 Å². The Labute approximate surface area is 129 Å². The number of amides is 1. The fourth-order valence-corrected chi connectivity index (χ4v) is 4.06. The van der Waals surface area contributed by atoms with E-state index in [1.54, 1.807) is 0 Å². The van der Waals surface area contributed by atoms with E-state index in [4.69, 9.17) is 10.7 Å². The maximum Gasteiger partial charge on any atom is 0.262 e. The molecule has 0 bridgehead atoms. The van der Waals surface area contributed by atoms with Crippen molar-refractivity contribution in [3.63, 3.8) is 0 Å².